The summed E-state index contributed by atoms with van der Waals surface area (Å²) in [5.74, 6) is 1.09. The molecule has 0 saturated heterocycles. The summed E-state index contributed by atoms with van der Waals surface area (Å²) in [5, 5.41) is 19.0. The number of ether oxygens (including phenoxy) is 2. The van der Waals surface area contributed by atoms with Crippen LogP contribution >= 0.6 is 0 Å². The van der Waals surface area contributed by atoms with E-state index in [9.17, 15) is 4.79 Å². The average Bonchev–Trinajstić information content (AvgIpc) is 3.31. The van der Waals surface area contributed by atoms with Crippen molar-refractivity contribution in [1.82, 2.24) is 20.5 Å². The molecule has 0 unspecified atom stereocenters. The Morgan fingerprint density at radius 3 is 2.74 bits per heavy atom. The van der Waals surface area contributed by atoms with E-state index < -0.39 is 0 Å². The summed E-state index contributed by atoms with van der Waals surface area (Å²) in [6, 6.07) is 14.8. The molecular weight excluding hydrogens is 394 g/mol. The van der Waals surface area contributed by atoms with Crippen molar-refractivity contribution in [3.8, 4) is 29.0 Å². The van der Waals surface area contributed by atoms with Gasteiger partial charge in [0.25, 0.3) is 5.91 Å². The molecule has 3 aromatic rings. The van der Waals surface area contributed by atoms with Crippen LogP contribution in [0, 0.1) is 11.3 Å². The van der Waals surface area contributed by atoms with Gasteiger partial charge >= 0.3 is 0 Å². The van der Waals surface area contributed by atoms with Crippen molar-refractivity contribution in [2.45, 2.75) is 37.8 Å². The first kappa shape index (κ1) is 20.4. The normalized spacial score (nSPS) is 18.1. The van der Waals surface area contributed by atoms with Crippen LogP contribution in [0.2, 0.25) is 0 Å². The number of nitrogens with one attached hydrogen (secondary N) is 2. The van der Waals surface area contributed by atoms with Crippen LogP contribution in [0.1, 0.15) is 41.7 Å². The molecule has 0 spiro atoms. The van der Waals surface area contributed by atoms with Crippen molar-refractivity contribution >= 4 is 5.91 Å². The number of carbonyl (C=O) groups is 1. The topological polar surface area (TPSA) is 113 Å². The van der Waals surface area contributed by atoms with E-state index in [0.717, 1.165) is 37.0 Å². The molecule has 4 rings (SSSR count). The van der Waals surface area contributed by atoms with Crippen molar-refractivity contribution < 1.29 is 14.3 Å². The van der Waals surface area contributed by atoms with Crippen LogP contribution in [0.5, 0.6) is 11.6 Å². The molecule has 8 heteroatoms. The first-order chi connectivity index (χ1) is 15.1. The monoisotopic (exact) mass is 417 g/mol. The zero-order valence-corrected chi connectivity index (χ0v) is 17.2. The molecule has 0 atom stereocenters. The summed E-state index contributed by atoms with van der Waals surface area (Å²) in [7, 11) is 1.61. The summed E-state index contributed by atoms with van der Waals surface area (Å²) in [4.78, 5) is 16.8. The molecular formula is C23H23N5O3. The second-order valence-electron chi connectivity index (χ2n) is 7.46. The lowest BCUT2D eigenvalue weighted by atomic mass is 9.93. The smallest absolute Gasteiger partial charge is 0.269 e. The SMILES string of the molecule is COc1cccc(-c2cc(C(=O)NC3CCC(Oc4ccc(C#N)cn4)CC3)[nH]n2)c1. The molecule has 0 aliphatic heterocycles. The quantitative estimate of drug-likeness (QED) is 0.635. The summed E-state index contributed by atoms with van der Waals surface area (Å²) in [6.07, 6.45) is 4.86. The molecule has 2 aromatic heterocycles. The lowest BCUT2D eigenvalue weighted by molar-refractivity contribution is 0.0885. The number of methoxy groups -OCH3 is 1. The molecule has 1 saturated carbocycles. The molecule has 1 amide bonds. The fraction of sp³-hybridized carbons (Fsp3) is 0.304. The summed E-state index contributed by atoms with van der Waals surface area (Å²) >= 11 is 0. The van der Waals surface area contributed by atoms with Crippen LogP contribution in [0.25, 0.3) is 11.3 Å². The predicted molar refractivity (Wildman–Crippen MR) is 114 cm³/mol. The Morgan fingerprint density at radius 2 is 2.03 bits per heavy atom. The van der Waals surface area contributed by atoms with Crippen molar-refractivity contribution in [3.63, 3.8) is 0 Å². The summed E-state index contributed by atoms with van der Waals surface area (Å²) in [5.41, 5.74) is 2.50. The first-order valence-corrected chi connectivity index (χ1v) is 10.2. The van der Waals surface area contributed by atoms with Crippen LogP contribution in [0.4, 0.5) is 0 Å². The number of H-pyrrole nitrogens is 1. The number of rotatable bonds is 6. The summed E-state index contributed by atoms with van der Waals surface area (Å²) in [6.45, 7) is 0. The fourth-order valence-electron chi connectivity index (χ4n) is 3.64. The number of hydrogen-bond acceptors (Lipinski definition) is 6. The van der Waals surface area contributed by atoms with Crippen LogP contribution in [0.3, 0.4) is 0 Å². The van der Waals surface area contributed by atoms with Crippen molar-refractivity contribution in [1.29, 1.82) is 5.26 Å². The maximum absolute atomic E-state index is 12.6. The highest BCUT2D eigenvalue weighted by molar-refractivity contribution is 5.93. The van der Waals surface area contributed by atoms with Gasteiger partial charge in [-0.25, -0.2) is 4.98 Å². The Balaban J connectivity index is 1.29. The average molecular weight is 417 g/mol. The maximum atomic E-state index is 12.6. The lowest BCUT2D eigenvalue weighted by Crippen LogP contribution is -2.39. The standard InChI is InChI=1S/C23H23N5O3/c1-30-19-4-2-3-16(11-19)20-12-21(28-27-20)23(29)26-17-6-8-18(9-7-17)31-22-10-5-15(13-24)14-25-22/h2-5,10-12,14,17-18H,6-9H2,1H3,(H,26,29)(H,27,28). The molecule has 31 heavy (non-hydrogen) atoms. The molecule has 1 aliphatic carbocycles. The number of carbonyl (C=O) groups excluding carboxylic acids is 1. The van der Waals surface area contributed by atoms with Crippen LogP contribution < -0.4 is 14.8 Å². The highest BCUT2D eigenvalue weighted by Gasteiger charge is 2.25. The van der Waals surface area contributed by atoms with Crippen molar-refractivity contribution in [3.05, 3.63) is 59.9 Å². The Labute approximate surface area is 180 Å². The van der Waals surface area contributed by atoms with E-state index in [0.29, 0.717) is 22.8 Å². The molecule has 0 radical (unpaired) electrons. The number of hydrogen-bond donors (Lipinski definition) is 2. The van der Waals surface area contributed by atoms with Gasteiger partial charge in [-0.2, -0.15) is 10.4 Å². The maximum Gasteiger partial charge on any atom is 0.269 e. The minimum Gasteiger partial charge on any atom is -0.497 e. The van der Waals surface area contributed by atoms with E-state index in [1.807, 2.05) is 30.3 Å². The number of benzene rings is 1. The van der Waals surface area contributed by atoms with E-state index in [4.69, 9.17) is 14.7 Å². The summed E-state index contributed by atoms with van der Waals surface area (Å²) < 4.78 is 11.1. The molecule has 1 aliphatic rings. The third kappa shape index (κ3) is 5.01. The van der Waals surface area contributed by atoms with Gasteiger partial charge in [-0.3, -0.25) is 9.89 Å². The lowest BCUT2D eigenvalue weighted by Gasteiger charge is -2.29. The number of nitriles is 1. The van der Waals surface area contributed by atoms with Gasteiger partial charge < -0.3 is 14.8 Å². The van der Waals surface area contributed by atoms with Gasteiger partial charge in [-0.1, -0.05) is 12.1 Å². The molecule has 2 heterocycles. The van der Waals surface area contributed by atoms with E-state index in [1.54, 1.807) is 25.3 Å². The molecule has 8 nitrogen and oxygen atoms in total. The van der Waals surface area contributed by atoms with E-state index in [2.05, 4.69) is 20.5 Å². The molecule has 2 N–H and O–H groups in total. The van der Waals surface area contributed by atoms with Crippen molar-refractivity contribution in [2.75, 3.05) is 7.11 Å². The highest BCUT2D eigenvalue weighted by atomic mass is 16.5. The number of aromatic amines is 1. The third-order valence-corrected chi connectivity index (χ3v) is 5.35. The zero-order valence-electron chi connectivity index (χ0n) is 17.2. The van der Waals surface area contributed by atoms with E-state index in [1.165, 1.54) is 6.20 Å². The number of pyridine rings is 1. The minimum absolute atomic E-state index is 0.0559. The molecule has 1 aromatic carbocycles. The Bertz CT molecular complexity index is 1080. The zero-order chi connectivity index (χ0) is 21.6. The Hall–Kier alpha value is -3.86. The Kier molecular flexibility index (Phi) is 6.13. The van der Waals surface area contributed by atoms with Gasteiger partial charge in [-0.15, -0.1) is 0 Å². The second-order valence-corrected chi connectivity index (χ2v) is 7.46. The number of aromatic nitrogens is 3. The second kappa shape index (κ2) is 9.30. The van der Waals surface area contributed by atoms with Crippen LogP contribution in [-0.2, 0) is 0 Å². The van der Waals surface area contributed by atoms with Gasteiger partial charge in [0, 0.05) is 23.9 Å². The number of amides is 1. The molecule has 1 fully saturated rings. The minimum atomic E-state index is -0.167. The van der Waals surface area contributed by atoms with E-state index in [-0.39, 0.29) is 18.1 Å². The van der Waals surface area contributed by atoms with Crippen LogP contribution in [0.15, 0.2) is 48.7 Å². The molecule has 158 valence electrons. The van der Waals surface area contributed by atoms with E-state index >= 15 is 0 Å². The van der Waals surface area contributed by atoms with Crippen molar-refractivity contribution in [2.24, 2.45) is 0 Å². The first-order valence-electron chi connectivity index (χ1n) is 10.2. The number of nitrogens with zero attached hydrogens (tertiary/aromatic N) is 3. The highest BCUT2D eigenvalue weighted by Crippen LogP contribution is 2.25. The van der Waals surface area contributed by atoms with Crippen LogP contribution in [-0.4, -0.2) is 40.3 Å². The van der Waals surface area contributed by atoms with Gasteiger partial charge in [0.15, 0.2) is 0 Å². The van der Waals surface area contributed by atoms with Gasteiger partial charge in [-0.05, 0) is 49.9 Å². The largest absolute Gasteiger partial charge is 0.497 e. The van der Waals surface area contributed by atoms with Gasteiger partial charge in [0.2, 0.25) is 5.88 Å². The molecule has 0 bridgehead atoms. The Morgan fingerprint density at radius 1 is 1.19 bits per heavy atom. The van der Waals surface area contributed by atoms with Gasteiger partial charge in [0.1, 0.15) is 23.6 Å². The third-order valence-electron chi connectivity index (χ3n) is 5.35. The van der Waals surface area contributed by atoms with Gasteiger partial charge in [0.05, 0.1) is 18.4 Å². The predicted octanol–water partition coefficient (Wildman–Crippen LogP) is 3.47. The fourth-order valence-corrected chi connectivity index (χ4v) is 3.64.